The molecule has 1 aliphatic heterocycles. The van der Waals surface area contributed by atoms with Crippen LogP contribution in [-0.2, 0) is 4.79 Å². The van der Waals surface area contributed by atoms with Crippen LogP contribution in [0.25, 0.3) is 0 Å². The fourth-order valence-electron chi connectivity index (χ4n) is 2.46. The Morgan fingerprint density at radius 1 is 1.29 bits per heavy atom. The molecule has 1 aliphatic rings. The third-order valence-electron chi connectivity index (χ3n) is 3.84. The number of rotatable bonds is 7. The van der Waals surface area contributed by atoms with E-state index in [1.165, 1.54) is 6.92 Å². The summed E-state index contributed by atoms with van der Waals surface area (Å²) in [5.74, 6) is -0.443. The molecule has 7 heteroatoms. The lowest BCUT2D eigenvalue weighted by Gasteiger charge is -2.29. The largest absolute Gasteiger partial charge is 0.481 e. The van der Waals surface area contributed by atoms with Crippen molar-refractivity contribution in [3.05, 3.63) is 0 Å². The molecule has 0 aromatic carbocycles. The van der Waals surface area contributed by atoms with Crippen LogP contribution in [0.3, 0.4) is 0 Å². The Labute approximate surface area is 125 Å². The van der Waals surface area contributed by atoms with Crippen molar-refractivity contribution in [1.29, 1.82) is 0 Å². The van der Waals surface area contributed by atoms with Gasteiger partial charge in [-0.1, -0.05) is 0 Å². The molecule has 0 radical (unpaired) electrons. The van der Waals surface area contributed by atoms with Crippen molar-refractivity contribution >= 4 is 12.0 Å². The molecule has 0 spiro atoms. The average molecular weight is 301 g/mol. The first-order valence-electron chi connectivity index (χ1n) is 7.43. The topological polar surface area (TPSA) is 102 Å². The average Bonchev–Trinajstić information content (AvgIpc) is 2.37. The summed E-state index contributed by atoms with van der Waals surface area (Å²) in [5.41, 5.74) is -1.43. The van der Waals surface area contributed by atoms with Gasteiger partial charge >= 0.3 is 12.0 Å². The van der Waals surface area contributed by atoms with Gasteiger partial charge in [0.15, 0.2) is 0 Å². The second-order valence-electron chi connectivity index (χ2n) is 6.21. The highest BCUT2D eigenvalue weighted by Crippen LogP contribution is 2.18. The number of hydrogen-bond acceptors (Lipinski definition) is 4. The highest BCUT2D eigenvalue weighted by Gasteiger charge is 2.24. The molecule has 21 heavy (non-hydrogen) atoms. The van der Waals surface area contributed by atoms with E-state index in [1.807, 2.05) is 0 Å². The number of amides is 2. The second kappa shape index (κ2) is 8.19. The van der Waals surface area contributed by atoms with Gasteiger partial charge in [-0.2, -0.15) is 0 Å². The van der Waals surface area contributed by atoms with Gasteiger partial charge in [-0.05, 0) is 52.2 Å². The molecule has 1 saturated heterocycles. The second-order valence-corrected chi connectivity index (χ2v) is 6.21. The van der Waals surface area contributed by atoms with Crippen LogP contribution in [-0.4, -0.2) is 65.9 Å². The highest BCUT2D eigenvalue weighted by molar-refractivity contribution is 5.74. The number of carboxylic acids is 1. The maximum Gasteiger partial charge on any atom is 0.314 e. The molecular weight excluding hydrogens is 274 g/mol. The number of carboxylic acid groups (broad SMARTS) is 1. The normalized spacial score (nSPS) is 19.8. The van der Waals surface area contributed by atoms with Gasteiger partial charge in [-0.25, -0.2) is 4.79 Å². The van der Waals surface area contributed by atoms with E-state index in [9.17, 15) is 14.7 Å². The van der Waals surface area contributed by atoms with Gasteiger partial charge in [-0.15, -0.1) is 0 Å². The summed E-state index contributed by atoms with van der Waals surface area (Å²) in [4.78, 5) is 24.4. The number of carbonyl (C=O) groups is 2. The van der Waals surface area contributed by atoms with E-state index in [0.717, 1.165) is 32.4 Å². The lowest BCUT2D eigenvalue weighted by molar-refractivity contribution is -0.141. The van der Waals surface area contributed by atoms with Gasteiger partial charge in [0.25, 0.3) is 0 Å². The molecule has 1 fully saturated rings. The molecule has 0 saturated carbocycles. The summed E-state index contributed by atoms with van der Waals surface area (Å²) < 4.78 is 0. The maximum absolute atomic E-state index is 11.6. The monoisotopic (exact) mass is 301 g/mol. The molecule has 1 atom stereocenters. The molecule has 122 valence electrons. The first-order chi connectivity index (χ1) is 9.78. The Kier molecular flexibility index (Phi) is 6.91. The quantitative estimate of drug-likeness (QED) is 0.540. The number of aliphatic hydroxyl groups is 1. The van der Waals surface area contributed by atoms with Crippen molar-refractivity contribution in [3.8, 4) is 0 Å². The molecule has 1 rings (SSSR count). The number of urea groups is 1. The first-order valence-corrected chi connectivity index (χ1v) is 7.43. The van der Waals surface area contributed by atoms with Crippen molar-refractivity contribution in [2.45, 2.75) is 38.2 Å². The Balaban J connectivity index is 2.12. The molecular formula is C14H27N3O4. The van der Waals surface area contributed by atoms with E-state index >= 15 is 0 Å². The summed E-state index contributed by atoms with van der Waals surface area (Å²) in [6.07, 6.45) is 2.87. The maximum atomic E-state index is 11.6. The standard InChI is InChI=1S/C14H27N3O4/c1-14(21,9-12(18)19)10-16-13(20)15-6-3-11-4-7-17(2)8-5-11/h11,21H,3-10H2,1-2H3,(H,18,19)(H2,15,16,20). The Hall–Kier alpha value is -1.34. The van der Waals surface area contributed by atoms with Crippen LogP contribution in [0.15, 0.2) is 0 Å². The van der Waals surface area contributed by atoms with Gasteiger partial charge in [0.2, 0.25) is 0 Å². The third-order valence-corrected chi connectivity index (χ3v) is 3.84. The zero-order valence-electron chi connectivity index (χ0n) is 12.9. The van der Waals surface area contributed by atoms with Crippen LogP contribution < -0.4 is 10.6 Å². The molecule has 7 nitrogen and oxygen atoms in total. The van der Waals surface area contributed by atoms with Crippen LogP contribution in [0.5, 0.6) is 0 Å². The molecule has 0 aromatic heterocycles. The van der Waals surface area contributed by atoms with Crippen LogP contribution in [0.2, 0.25) is 0 Å². The number of likely N-dealkylation sites (tertiary alicyclic amines) is 1. The predicted octanol–water partition coefficient (Wildman–Crippen LogP) is 0.243. The van der Waals surface area contributed by atoms with Gasteiger partial charge < -0.3 is 25.7 Å². The SMILES string of the molecule is CN1CCC(CCNC(=O)NCC(C)(O)CC(=O)O)CC1. The fourth-order valence-corrected chi connectivity index (χ4v) is 2.46. The van der Waals surface area contributed by atoms with Crippen molar-refractivity contribution in [2.24, 2.45) is 5.92 Å². The lowest BCUT2D eigenvalue weighted by atomic mass is 9.94. The van der Waals surface area contributed by atoms with Gasteiger partial charge in [0, 0.05) is 13.1 Å². The summed E-state index contributed by atoms with van der Waals surface area (Å²) in [6, 6.07) is -0.367. The fraction of sp³-hybridized carbons (Fsp3) is 0.857. The Bertz CT molecular complexity index is 352. The summed E-state index contributed by atoms with van der Waals surface area (Å²) in [7, 11) is 2.12. The number of nitrogens with zero attached hydrogens (tertiary/aromatic N) is 1. The summed E-state index contributed by atoms with van der Waals surface area (Å²) in [5, 5.41) is 23.6. The summed E-state index contributed by atoms with van der Waals surface area (Å²) >= 11 is 0. The van der Waals surface area contributed by atoms with E-state index in [4.69, 9.17) is 5.11 Å². The number of nitrogens with one attached hydrogen (secondary N) is 2. The van der Waals surface area contributed by atoms with E-state index in [0.29, 0.717) is 12.5 Å². The van der Waals surface area contributed by atoms with Gasteiger partial charge in [-0.3, -0.25) is 4.79 Å². The van der Waals surface area contributed by atoms with E-state index in [2.05, 4.69) is 22.6 Å². The molecule has 2 amide bonds. The lowest BCUT2D eigenvalue weighted by Crippen LogP contribution is -2.46. The molecule has 1 heterocycles. The van der Waals surface area contributed by atoms with Crippen molar-refractivity contribution in [1.82, 2.24) is 15.5 Å². The third kappa shape index (κ3) is 7.87. The van der Waals surface area contributed by atoms with Crippen LogP contribution in [0, 0.1) is 5.92 Å². The zero-order valence-corrected chi connectivity index (χ0v) is 12.9. The number of piperidine rings is 1. The molecule has 4 N–H and O–H groups in total. The van der Waals surface area contributed by atoms with Gasteiger partial charge in [0.1, 0.15) is 0 Å². The Morgan fingerprint density at radius 3 is 2.48 bits per heavy atom. The zero-order chi connectivity index (χ0) is 15.9. The van der Waals surface area contributed by atoms with E-state index < -0.39 is 18.0 Å². The van der Waals surface area contributed by atoms with E-state index in [1.54, 1.807) is 0 Å². The minimum Gasteiger partial charge on any atom is -0.481 e. The highest BCUT2D eigenvalue weighted by atomic mass is 16.4. The minimum atomic E-state index is -1.43. The van der Waals surface area contributed by atoms with Crippen LogP contribution in [0.4, 0.5) is 4.79 Å². The minimum absolute atomic E-state index is 0.0840. The van der Waals surface area contributed by atoms with Crippen molar-refractivity contribution < 1.29 is 19.8 Å². The smallest absolute Gasteiger partial charge is 0.314 e. The van der Waals surface area contributed by atoms with Crippen molar-refractivity contribution in [3.63, 3.8) is 0 Å². The number of aliphatic carboxylic acids is 1. The molecule has 1 unspecified atom stereocenters. The van der Waals surface area contributed by atoms with Crippen molar-refractivity contribution in [2.75, 3.05) is 33.2 Å². The van der Waals surface area contributed by atoms with Gasteiger partial charge in [0.05, 0.1) is 12.0 Å². The molecule has 0 aliphatic carbocycles. The molecule has 0 bridgehead atoms. The number of hydrogen-bond donors (Lipinski definition) is 4. The summed E-state index contributed by atoms with van der Waals surface area (Å²) in [6.45, 7) is 4.12. The van der Waals surface area contributed by atoms with Crippen LogP contribution in [0.1, 0.15) is 32.6 Å². The Morgan fingerprint density at radius 2 is 1.90 bits per heavy atom. The van der Waals surface area contributed by atoms with Crippen LogP contribution >= 0.6 is 0 Å². The van der Waals surface area contributed by atoms with E-state index in [-0.39, 0.29) is 12.6 Å². The number of carbonyl (C=O) groups excluding carboxylic acids is 1. The predicted molar refractivity (Wildman–Crippen MR) is 79.1 cm³/mol. The molecule has 0 aromatic rings. The first kappa shape index (κ1) is 17.7.